The van der Waals surface area contributed by atoms with Crippen molar-refractivity contribution in [3.63, 3.8) is 0 Å². The first-order valence-corrected chi connectivity index (χ1v) is 12.0. The molecular weight excluding hydrogens is 384 g/mol. The van der Waals surface area contributed by atoms with Gasteiger partial charge in [-0.25, -0.2) is 26.3 Å². The van der Waals surface area contributed by atoms with Crippen LogP contribution in [0.15, 0.2) is 47.4 Å². The van der Waals surface area contributed by atoms with E-state index >= 15 is 0 Å². The van der Waals surface area contributed by atoms with Gasteiger partial charge in [0.2, 0.25) is 20.0 Å². The molecule has 1 aliphatic carbocycles. The van der Waals surface area contributed by atoms with Crippen LogP contribution in [0.25, 0.3) is 0 Å². The summed E-state index contributed by atoms with van der Waals surface area (Å²) < 4.78 is 53.2. The minimum atomic E-state index is -3.59. The molecule has 3 rings (SSSR count). The maximum Gasteiger partial charge on any atom is 0.240 e. The Bertz CT molecular complexity index is 1010. The molecule has 0 aliphatic heterocycles. The molecule has 0 amide bonds. The number of sulfonamides is 2. The van der Waals surface area contributed by atoms with Gasteiger partial charge < -0.3 is 0 Å². The Morgan fingerprint density at radius 1 is 0.852 bits per heavy atom. The zero-order valence-electron chi connectivity index (χ0n) is 15.2. The van der Waals surface area contributed by atoms with Crippen molar-refractivity contribution < 1.29 is 16.8 Å². The average molecular weight is 409 g/mol. The second-order valence-electron chi connectivity index (χ2n) is 6.74. The zero-order chi connectivity index (χ0) is 19.5. The quantitative estimate of drug-likeness (QED) is 0.734. The fourth-order valence-electron chi connectivity index (χ4n) is 3.18. The van der Waals surface area contributed by atoms with Gasteiger partial charge in [-0.2, -0.15) is 0 Å². The fraction of sp³-hybridized carbons (Fsp3) is 0.368. The van der Waals surface area contributed by atoms with Gasteiger partial charge in [-0.1, -0.05) is 30.3 Å². The van der Waals surface area contributed by atoms with E-state index in [1.165, 1.54) is 12.6 Å². The summed E-state index contributed by atoms with van der Waals surface area (Å²) in [5.41, 5.74) is 3.78. The van der Waals surface area contributed by atoms with Crippen LogP contribution in [-0.4, -0.2) is 23.9 Å². The Kier molecular flexibility index (Phi) is 6.00. The summed E-state index contributed by atoms with van der Waals surface area (Å²) >= 11 is 0. The third kappa shape index (κ3) is 5.16. The number of hydrogen-bond acceptors (Lipinski definition) is 4. The van der Waals surface area contributed by atoms with Crippen molar-refractivity contribution in [3.05, 3.63) is 64.7 Å². The lowest BCUT2D eigenvalue weighted by Gasteiger charge is -2.16. The number of rotatable bonds is 7. The third-order valence-corrected chi connectivity index (χ3v) is 7.52. The molecule has 0 spiro atoms. The Labute approximate surface area is 161 Å². The molecule has 0 aromatic heterocycles. The Balaban J connectivity index is 1.67. The number of nitrogens with one attached hydrogen (secondary N) is 2. The van der Waals surface area contributed by atoms with Crippen LogP contribution in [-0.2, 0) is 45.2 Å². The summed E-state index contributed by atoms with van der Waals surface area (Å²) in [6.07, 6.45) is 4.19. The topological polar surface area (TPSA) is 92.3 Å². The summed E-state index contributed by atoms with van der Waals surface area (Å²) in [7, 11) is -5.54. The molecular formula is C19H24N2O4S2. The zero-order valence-corrected chi connectivity index (χ0v) is 16.9. The summed E-state index contributed by atoms with van der Waals surface area (Å²) in [5.74, 6) is -0.107. The smallest absolute Gasteiger partial charge is 0.218 e. The van der Waals surface area contributed by atoms with E-state index < -0.39 is 20.0 Å². The minimum absolute atomic E-state index is 0.107. The van der Waals surface area contributed by atoms with Crippen molar-refractivity contribution in [2.75, 3.05) is 7.05 Å². The second kappa shape index (κ2) is 8.10. The first-order valence-electron chi connectivity index (χ1n) is 8.89. The van der Waals surface area contributed by atoms with Crippen LogP contribution >= 0.6 is 0 Å². The molecule has 1 aliphatic rings. The number of benzene rings is 2. The van der Waals surface area contributed by atoms with E-state index in [1.54, 1.807) is 36.4 Å². The number of hydrogen-bond donors (Lipinski definition) is 2. The SMILES string of the molecule is CNS(=O)(=O)Cc1ccc(CNS(=O)(=O)c2ccc3c(c2)CCCC3)cc1. The molecule has 0 heterocycles. The predicted octanol–water partition coefficient (Wildman–Crippen LogP) is 2.09. The van der Waals surface area contributed by atoms with Gasteiger partial charge >= 0.3 is 0 Å². The summed E-state index contributed by atoms with van der Waals surface area (Å²) in [6, 6.07) is 12.2. The highest BCUT2D eigenvalue weighted by molar-refractivity contribution is 7.89. The highest BCUT2D eigenvalue weighted by Crippen LogP contribution is 2.24. The van der Waals surface area contributed by atoms with Crippen LogP contribution in [0.4, 0.5) is 0 Å². The maximum absolute atomic E-state index is 12.6. The summed E-state index contributed by atoms with van der Waals surface area (Å²) in [4.78, 5) is 0.292. The lowest BCUT2D eigenvalue weighted by Crippen LogP contribution is -2.23. The van der Waals surface area contributed by atoms with E-state index in [9.17, 15) is 16.8 Å². The Hall–Kier alpha value is -1.74. The highest BCUT2D eigenvalue weighted by atomic mass is 32.2. The van der Waals surface area contributed by atoms with Crippen LogP contribution in [0.3, 0.4) is 0 Å². The van der Waals surface area contributed by atoms with Crippen LogP contribution in [0.1, 0.15) is 35.1 Å². The molecule has 0 saturated heterocycles. The van der Waals surface area contributed by atoms with Gasteiger partial charge in [0.05, 0.1) is 10.6 Å². The molecule has 0 fully saturated rings. The monoisotopic (exact) mass is 408 g/mol. The van der Waals surface area contributed by atoms with Crippen molar-refractivity contribution in [2.24, 2.45) is 0 Å². The molecule has 27 heavy (non-hydrogen) atoms. The largest absolute Gasteiger partial charge is 0.240 e. The van der Waals surface area contributed by atoms with Gasteiger partial charge in [0.1, 0.15) is 0 Å². The van der Waals surface area contributed by atoms with Crippen LogP contribution in [0.5, 0.6) is 0 Å². The fourth-order valence-corrected chi connectivity index (χ4v) is 5.03. The van der Waals surface area contributed by atoms with E-state index in [1.807, 2.05) is 6.07 Å². The van der Waals surface area contributed by atoms with E-state index in [0.29, 0.717) is 10.5 Å². The molecule has 0 atom stereocenters. The van der Waals surface area contributed by atoms with Crippen molar-refractivity contribution in [1.29, 1.82) is 0 Å². The molecule has 0 bridgehead atoms. The normalized spacial score (nSPS) is 14.7. The summed E-state index contributed by atoms with van der Waals surface area (Å²) in [6.45, 7) is 0.151. The van der Waals surface area contributed by atoms with Crippen LogP contribution in [0, 0.1) is 0 Å². The molecule has 146 valence electrons. The van der Waals surface area contributed by atoms with E-state index in [4.69, 9.17) is 0 Å². The predicted molar refractivity (Wildman–Crippen MR) is 105 cm³/mol. The average Bonchev–Trinajstić information content (AvgIpc) is 2.67. The van der Waals surface area contributed by atoms with Gasteiger partial charge in [-0.3, -0.25) is 0 Å². The van der Waals surface area contributed by atoms with Gasteiger partial charge in [-0.15, -0.1) is 0 Å². The molecule has 0 saturated carbocycles. The van der Waals surface area contributed by atoms with Crippen molar-refractivity contribution in [2.45, 2.75) is 42.9 Å². The highest BCUT2D eigenvalue weighted by Gasteiger charge is 2.17. The maximum atomic E-state index is 12.6. The lowest BCUT2D eigenvalue weighted by molar-refractivity contribution is 0.580. The molecule has 0 radical (unpaired) electrons. The molecule has 2 aromatic rings. The third-order valence-electron chi connectivity index (χ3n) is 4.79. The first-order chi connectivity index (χ1) is 12.8. The molecule has 0 unspecified atom stereocenters. The van der Waals surface area contributed by atoms with Gasteiger partial charge in [0.15, 0.2) is 0 Å². The Morgan fingerprint density at radius 3 is 2.15 bits per heavy atom. The first kappa shape index (κ1) is 20.0. The van der Waals surface area contributed by atoms with E-state index in [2.05, 4.69) is 9.44 Å². The molecule has 6 nitrogen and oxygen atoms in total. The standard InChI is InChI=1S/C19H24N2O4S2/c1-20-26(22,23)14-16-8-6-15(7-9-16)13-21-27(24,25)19-11-10-17-4-2-3-5-18(17)12-19/h6-12,20-21H,2-5,13-14H2,1H3. The van der Waals surface area contributed by atoms with Gasteiger partial charge in [0, 0.05) is 6.54 Å². The van der Waals surface area contributed by atoms with Crippen molar-refractivity contribution in [1.82, 2.24) is 9.44 Å². The van der Waals surface area contributed by atoms with E-state index in [-0.39, 0.29) is 12.3 Å². The van der Waals surface area contributed by atoms with Gasteiger partial charge in [-0.05, 0) is 67.1 Å². The number of aryl methyl sites for hydroxylation is 2. The second-order valence-corrected chi connectivity index (χ2v) is 10.4. The minimum Gasteiger partial charge on any atom is -0.218 e. The van der Waals surface area contributed by atoms with Gasteiger partial charge in [0.25, 0.3) is 0 Å². The molecule has 8 heteroatoms. The summed E-state index contributed by atoms with van der Waals surface area (Å²) in [5, 5.41) is 0. The number of fused-ring (bicyclic) bond motifs is 1. The van der Waals surface area contributed by atoms with Crippen LogP contribution < -0.4 is 9.44 Å². The van der Waals surface area contributed by atoms with Crippen LogP contribution in [0.2, 0.25) is 0 Å². The lowest BCUT2D eigenvalue weighted by atomic mass is 9.92. The van der Waals surface area contributed by atoms with Crippen molar-refractivity contribution in [3.8, 4) is 0 Å². The van der Waals surface area contributed by atoms with Crippen molar-refractivity contribution >= 4 is 20.0 Å². The Morgan fingerprint density at radius 2 is 1.48 bits per heavy atom. The molecule has 2 aromatic carbocycles. The van der Waals surface area contributed by atoms with E-state index in [0.717, 1.165) is 36.8 Å². The molecule has 2 N–H and O–H groups in total.